The Morgan fingerprint density at radius 2 is 1.81 bits per heavy atom. The van der Waals surface area contributed by atoms with Gasteiger partial charge in [0.2, 0.25) is 15.9 Å². The Bertz CT molecular complexity index is 1110. The number of imidazole rings is 1. The molecule has 164 valence electrons. The van der Waals surface area contributed by atoms with Gasteiger partial charge in [0.1, 0.15) is 11.6 Å². The van der Waals surface area contributed by atoms with E-state index >= 15 is 0 Å². The number of benzene rings is 2. The van der Waals surface area contributed by atoms with Crippen molar-refractivity contribution < 1.29 is 17.9 Å². The highest BCUT2D eigenvalue weighted by molar-refractivity contribution is 7.89. The zero-order chi connectivity index (χ0) is 22.4. The van der Waals surface area contributed by atoms with Gasteiger partial charge in [0.25, 0.3) is 0 Å². The van der Waals surface area contributed by atoms with Crippen LogP contribution in [-0.4, -0.2) is 37.4 Å². The molecule has 9 heteroatoms. The van der Waals surface area contributed by atoms with Gasteiger partial charge >= 0.3 is 0 Å². The second kappa shape index (κ2) is 9.76. The second-order valence-electron chi connectivity index (χ2n) is 7.04. The van der Waals surface area contributed by atoms with Crippen molar-refractivity contribution in [3.05, 3.63) is 66.6 Å². The van der Waals surface area contributed by atoms with E-state index in [1.807, 2.05) is 37.3 Å². The van der Waals surface area contributed by atoms with Crippen molar-refractivity contribution in [1.29, 1.82) is 0 Å². The summed E-state index contributed by atoms with van der Waals surface area (Å²) in [6.45, 7) is 3.42. The summed E-state index contributed by atoms with van der Waals surface area (Å²) in [6.07, 6.45) is 2.31. The minimum Gasteiger partial charge on any atom is -0.497 e. The molecule has 3 N–H and O–H groups in total. The Morgan fingerprint density at radius 3 is 2.42 bits per heavy atom. The lowest BCUT2D eigenvalue weighted by Crippen LogP contribution is -2.45. The molecule has 1 amide bonds. The van der Waals surface area contributed by atoms with Gasteiger partial charge in [-0.3, -0.25) is 4.79 Å². The quantitative estimate of drug-likeness (QED) is 0.471. The molecule has 0 aliphatic heterocycles. The van der Waals surface area contributed by atoms with E-state index in [0.29, 0.717) is 18.0 Å². The number of hydrogen-bond donors (Lipinski definition) is 3. The molecule has 0 saturated heterocycles. The Kier molecular flexibility index (Phi) is 7.09. The molecule has 0 radical (unpaired) electrons. The first-order valence-electron chi connectivity index (χ1n) is 9.91. The van der Waals surface area contributed by atoms with Gasteiger partial charge in [-0.15, -0.1) is 0 Å². The number of carbonyl (C=O) groups excluding carboxylic acids is 1. The highest BCUT2D eigenvalue weighted by Crippen LogP contribution is 2.21. The van der Waals surface area contributed by atoms with Crippen LogP contribution in [0.2, 0.25) is 0 Å². The van der Waals surface area contributed by atoms with Crippen molar-refractivity contribution in [2.75, 3.05) is 7.11 Å². The summed E-state index contributed by atoms with van der Waals surface area (Å²) >= 11 is 0. The predicted octanol–water partition coefficient (Wildman–Crippen LogP) is 3.02. The molecule has 1 heterocycles. The van der Waals surface area contributed by atoms with Crippen LogP contribution in [-0.2, 0) is 14.8 Å². The van der Waals surface area contributed by atoms with Crippen molar-refractivity contribution in [2.45, 2.75) is 37.2 Å². The van der Waals surface area contributed by atoms with E-state index in [9.17, 15) is 13.2 Å². The predicted molar refractivity (Wildman–Crippen MR) is 118 cm³/mol. The zero-order valence-corrected chi connectivity index (χ0v) is 18.4. The van der Waals surface area contributed by atoms with E-state index in [4.69, 9.17) is 4.74 Å². The minimum atomic E-state index is -3.86. The lowest BCUT2D eigenvalue weighted by atomic mass is 10.2. The lowest BCUT2D eigenvalue weighted by molar-refractivity contribution is -0.123. The van der Waals surface area contributed by atoms with Crippen LogP contribution in [0, 0.1) is 0 Å². The molecule has 2 aromatic carbocycles. The van der Waals surface area contributed by atoms with Crippen molar-refractivity contribution in [3.63, 3.8) is 0 Å². The summed E-state index contributed by atoms with van der Waals surface area (Å²) in [5, 5.41) is 2.86. The maximum atomic E-state index is 12.7. The molecule has 0 aliphatic carbocycles. The number of rotatable bonds is 9. The summed E-state index contributed by atoms with van der Waals surface area (Å²) in [5.41, 5.74) is 1.83. The SMILES string of the molecule is CCC(NC(=O)[C@H](C)NS(=O)(=O)c1ccc(OC)cc1)c1ncc(-c2ccccc2)[nH]1. The van der Waals surface area contributed by atoms with Gasteiger partial charge in [-0.1, -0.05) is 37.3 Å². The summed E-state index contributed by atoms with van der Waals surface area (Å²) in [5.74, 6) is 0.713. The highest BCUT2D eigenvalue weighted by Gasteiger charge is 2.25. The van der Waals surface area contributed by atoms with E-state index in [1.165, 1.54) is 26.2 Å². The number of nitrogens with zero attached hydrogens (tertiary/aromatic N) is 1. The van der Waals surface area contributed by atoms with Crippen LogP contribution in [0.4, 0.5) is 0 Å². The number of nitrogens with one attached hydrogen (secondary N) is 3. The third-order valence-electron chi connectivity index (χ3n) is 4.83. The average Bonchev–Trinajstić information content (AvgIpc) is 3.27. The van der Waals surface area contributed by atoms with Crippen molar-refractivity contribution in [1.82, 2.24) is 20.0 Å². The summed E-state index contributed by atoms with van der Waals surface area (Å²) in [6, 6.07) is 14.3. The number of carbonyl (C=O) groups is 1. The van der Waals surface area contributed by atoms with Gasteiger partial charge in [-0.05, 0) is 43.2 Å². The summed E-state index contributed by atoms with van der Waals surface area (Å²) in [7, 11) is -2.36. The van der Waals surface area contributed by atoms with Crippen LogP contribution in [0.1, 0.15) is 32.1 Å². The van der Waals surface area contributed by atoms with Crippen LogP contribution in [0.5, 0.6) is 5.75 Å². The van der Waals surface area contributed by atoms with Gasteiger partial charge in [0.15, 0.2) is 0 Å². The Morgan fingerprint density at radius 1 is 1.13 bits per heavy atom. The molecule has 0 aliphatic rings. The molecule has 0 spiro atoms. The van der Waals surface area contributed by atoms with Gasteiger partial charge < -0.3 is 15.0 Å². The molecule has 0 bridgehead atoms. The minimum absolute atomic E-state index is 0.0542. The van der Waals surface area contributed by atoms with Crippen LogP contribution in [0.15, 0.2) is 65.7 Å². The van der Waals surface area contributed by atoms with E-state index in [-0.39, 0.29) is 10.9 Å². The van der Waals surface area contributed by atoms with Crippen molar-refractivity contribution >= 4 is 15.9 Å². The molecular weight excluding hydrogens is 416 g/mol. The number of amides is 1. The molecule has 2 atom stereocenters. The standard InChI is InChI=1S/C22H26N4O4S/c1-4-19(21-23-14-20(24-21)16-8-6-5-7-9-16)25-22(27)15(2)26-31(28,29)18-12-10-17(30-3)11-13-18/h5-15,19,26H,4H2,1-3H3,(H,23,24)(H,25,27)/t15-,19?/m0/s1. The Labute approximate surface area is 182 Å². The van der Waals surface area contributed by atoms with E-state index in [1.54, 1.807) is 18.3 Å². The van der Waals surface area contributed by atoms with E-state index in [2.05, 4.69) is 20.0 Å². The average molecular weight is 443 g/mol. The first-order valence-corrected chi connectivity index (χ1v) is 11.4. The largest absolute Gasteiger partial charge is 0.497 e. The van der Waals surface area contributed by atoms with E-state index in [0.717, 1.165) is 11.3 Å². The van der Waals surface area contributed by atoms with Crippen molar-refractivity contribution in [3.8, 4) is 17.0 Å². The smallest absolute Gasteiger partial charge is 0.241 e. The molecule has 1 unspecified atom stereocenters. The summed E-state index contributed by atoms with van der Waals surface area (Å²) in [4.78, 5) is 20.4. The Hall–Kier alpha value is -3.17. The molecule has 31 heavy (non-hydrogen) atoms. The molecule has 8 nitrogen and oxygen atoms in total. The van der Waals surface area contributed by atoms with E-state index < -0.39 is 22.0 Å². The molecule has 3 rings (SSSR count). The number of H-pyrrole nitrogens is 1. The first-order chi connectivity index (χ1) is 14.8. The monoisotopic (exact) mass is 442 g/mol. The fraction of sp³-hybridized carbons (Fsp3) is 0.273. The van der Waals surface area contributed by atoms with Crippen LogP contribution in [0.3, 0.4) is 0 Å². The maximum absolute atomic E-state index is 12.7. The fourth-order valence-electron chi connectivity index (χ4n) is 3.05. The van der Waals surface area contributed by atoms with Gasteiger partial charge in [0.05, 0.1) is 36.0 Å². The molecule has 3 aromatic rings. The van der Waals surface area contributed by atoms with Gasteiger partial charge in [-0.25, -0.2) is 13.4 Å². The number of sulfonamides is 1. The highest BCUT2D eigenvalue weighted by atomic mass is 32.2. The van der Waals surface area contributed by atoms with Crippen molar-refractivity contribution in [2.24, 2.45) is 0 Å². The summed E-state index contributed by atoms with van der Waals surface area (Å²) < 4.78 is 32.6. The molecule has 1 aromatic heterocycles. The number of ether oxygens (including phenoxy) is 1. The number of aromatic nitrogens is 2. The normalized spacial score (nSPS) is 13.4. The van der Waals surface area contributed by atoms with Gasteiger partial charge in [0, 0.05) is 0 Å². The lowest BCUT2D eigenvalue weighted by Gasteiger charge is -2.19. The maximum Gasteiger partial charge on any atom is 0.241 e. The van der Waals surface area contributed by atoms with Crippen LogP contribution >= 0.6 is 0 Å². The van der Waals surface area contributed by atoms with Gasteiger partial charge in [-0.2, -0.15) is 4.72 Å². The topological polar surface area (TPSA) is 113 Å². The number of hydrogen-bond acceptors (Lipinski definition) is 5. The number of methoxy groups -OCH3 is 1. The Balaban J connectivity index is 1.66. The van der Waals surface area contributed by atoms with Crippen LogP contribution < -0.4 is 14.8 Å². The molecule has 0 fully saturated rings. The molecule has 0 saturated carbocycles. The molecular formula is C22H26N4O4S. The zero-order valence-electron chi connectivity index (χ0n) is 17.6. The second-order valence-corrected chi connectivity index (χ2v) is 8.75. The number of aromatic amines is 1. The first kappa shape index (κ1) is 22.5. The third kappa shape index (κ3) is 5.50. The fourth-order valence-corrected chi connectivity index (χ4v) is 4.25. The third-order valence-corrected chi connectivity index (χ3v) is 6.39. The van der Waals surface area contributed by atoms with Crippen LogP contribution in [0.25, 0.3) is 11.3 Å².